The van der Waals surface area contributed by atoms with Crippen molar-refractivity contribution in [1.29, 1.82) is 0 Å². The van der Waals surface area contributed by atoms with Gasteiger partial charge in [-0.2, -0.15) is 0 Å². The van der Waals surface area contributed by atoms with Crippen molar-refractivity contribution in [2.45, 2.75) is 32.4 Å². The van der Waals surface area contributed by atoms with Crippen molar-refractivity contribution in [2.24, 2.45) is 0 Å². The van der Waals surface area contributed by atoms with Gasteiger partial charge in [-0.1, -0.05) is 0 Å². The van der Waals surface area contributed by atoms with Crippen LogP contribution in [0.15, 0.2) is 18.3 Å². The maximum atomic E-state index is 11.8. The summed E-state index contributed by atoms with van der Waals surface area (Å²) in [6.45, 7) is 6.68. The van der Waals surface area contributed by atoms with Gasteiger partial charge >= 0.3 is 12.1 Å². The van der Waals surface area contributed by atoms with Crippen LogP contribution < -0.4 is 5.32 Å². The summed E-state index contributed by atoms with van der Waals surface area (Å²) in [5.74, 6) is -0.466. The molecule has 0 aromatic carbocycles. The number of nitrogens with zero attached hydrogens (tertiary/aromatic N) is 2. The lowest BCUT2D eigenvalue weighted by atomic mass is 10.1. The quantitative estimate of drug-likeness (QED) is 0.859. The molecule has 22 heavy (non-hydrogen) atoms. The van der Waals surface area contributed by atoms with E-state index in [9.17, 15) is 9.59 Å². The molecule has 1 amide bonds. The molecule has 1 aromatic heterocycles. The third-order valence-corrected chi connectivity index (χ3v) is 3.06. The van der Waals surface area contributed by atoms with Crippen LogP contribution >= 0.6 is 0 Å². The number of likely N-dealkylation sites (tertiary alicyclic amines) is 1. The van der Waals surface area contributed by atoms with Gasteiger partial charge in [-0.3, -0.25) is 0 Å². The van der Waals surface area contributed by atoms with Crippen molar-refractivity contribution in [3.63, 3.8) is 0 Å². The lowest BCUT2D eigenvalue weighted by molar-refractivity contribution is 0.0105. The number of methoxy groups -OCH3 is 1. The Bertz CT molecular complexity index is 545. The number of esters is 1. The second-order valence-corrected chi connectivity index (χ2v) is 6.15. The van der Waals surface area contributed by atoms with Crippen LogP contribution in [0.5, 0.6) is 0 Å². The van der Waals surface area contributed by atoms with Gasteiger partial charge in [0.05, 0.1) is 25.0 Å². The fourth-order valence-electron chi connectivity index (χ4n) is 1.99. The van der Waals surface area contributed by atoms with Crippen LogP contribution in [0.4, 0.5) is 10.5 Å². The molecule has 2 heterocycles. The molecule has 1 aromatic rings. The molecule has 0 bridgehead atoms. The number of anilines is 1. The molecule has 1 saturated heterocycles. The lowest BCUT2D eigenvalue weighted by Gasteiger charge is -2.40. The Hall–Kier alpha value is -2.31. The molecule has 0 atom stereocenters. The predicted octanol–water partition coefficient (Wildman–Crippen LogP) is 1.90. The Kier molecular flexibility index (Phi) is 4.54. The van der Waals surface area contributed by atoms with Crippen molar-refractivity contribution < 1.29 is 19.1 Å². The molecule has 0 unspecified atom stereocenters. The number of ether oxygens (including phenoxy) is 2. The second-order valence-electron chi connectivity index (χ2n) is 6.15. The highest BCUT2D eigenvalue weighted by Gasteiger charge is 2.33. The summed E-state index contributed by atoms with van der Waals surface area (Å²) in [6.07, 6.45) is 1.27. The van der Waals surface area contributed by atoms with Gasteiger partial charge in [0, 0.05) is 13.1 Å². The van der Waals surface area contributed by atoms with Gasteiger partial charge in [-0.05, 0) is 32.9 Å². The molecule has 120 valence electrons. The van der Waals surface area contributed by atoms with Gasteiger partial charge in [0.1, 0.15) is 11.3 Å². The van der Waals surface area contributed by atoms with E-state index in [1.807, 2.05) is 20.8 Å². The minimum atomic E-state index is -0.483. The zero-order valence-electron chi connectivity index (χ0n) is 13.3. The number of nitrogens with one attached hydrogen (secondary N) is 1. The topological polar surface area (TPSA) is 80.8 Å². The number of carbonyl (C=O) groups is 2. The number of amides is 1. The normalized spacial score (nSPS) is 15.0. The first-order valence-electron chi connectivity index (χ1n) is 7.07. The minimum absolute atomic E-state index is 0.151. The number of carbonyl (C=O) groups excluding carboxylic acids is 2. The maximum absolute atomic E-state index is 11.8. The fraction of sp³-hybridized carbons (Fsp3) is 0.533. The van der Waals surface area contributed by atoms with Crippen molar-refractivity contribution in [3.05, 3.63) is 24.0 Å². The van der Waals surface area contributed by atoms with E-state index in [0.717, 1.165) is 5.69 Å². The Morgan fingerprint density at radius 1 is 1.32 bits per heavy atom. The Morgan fingerprint density at radius 3 is 2.50 bits per heavy atom. The van der Waals surface area contributed by atoms with E-state index >= 15 is 0 Å². The van der Waals surface area contributed by atoms with Crippen LogP contribution in [-0.4, -0.2) is 53.8 Å². The second kappa shape index (κ2) is 6.21. The van der Waals surface area contributed by atoms with Gasteiger partial charge in [-0.25, -0.2) is 14.6 Å². The summed E-state index contributed by atoms with van der Waals surface area (Å²) in [7, 11) is 1.32. The average Bonchev–Trinajstić information content (AvgIpc) is 2.40. The molecule has 7 heteroatoms. The van der Waals surface area contributed by atoms with Gasteiger partial charge in [0.15, 0.2) is 0 Å². The van der Waals surface area contributed by atoms with Crippen LogP contribution in [0.25, 0.3) is 0 Å². The molecule has 0 saturated carbocycles. The fourth-order valence-corrected chi connectivity index (χ4v) is 1.99. The summed E-state index contributed by atoms with van der Waals surface area (Å²) in [4.78, 5) is 28.7. The van der Waals surface area contributed by atoms with E-state index in [-0.39, 0.29) is 17.8 Å². The average molecular weight is 307 g/mol. The third kappa shape index (κ3) is 4.09. The number of hydrogen-bond acceptors (Lipinski definition) is 6. The van der Waals surface area contributed by atoms with E-state index in [1.165, 1.54) is 7.11 Å². The van der Waals surface area contributed by atoms with Gasteiger partial charge in [-0.15, -0.1) is 0 Å². The zero-order chi connectivity index (χ0) is 16.3. The summed E-state index contributed by atoms with van der Waals surface area (Å²) < 4.78 is 9.88. The molecular weight excluding hydrogens is 286 g/mol. The molecule has 0 aliphatic carbocycles. The van der Waals surface area contributed by atoms with E-state index in [4.69, 9.17) is 4.74 Å². The number of rotatable bonds is 3. The van der Waals surface area contributed by atoms with Crippen molar-refractivity contribution in [3.8, 4) is 0 Å². The lowest BCUT2D eigenvalue weighted by Crippen LogP contribution is -2.57. The largest absolute Gasteiger partial charge is 0.464 e. The SMILES string of the molecule is COC(=O)c1ccc(NC2CN(C(=O)OC(C)(C)C)C2)cn1. The van der Waals surface area contributed by atoms with E-state index in [2.05, 4.69) is 15.0 Å². The van der Waals surface area contributed by atoms with E-state index < -0.39 is 11.6 Å². The molecule has 0 spiro atoms. The standard InChI is InChI=1S/C15H21N3O4/c1-15(2,3)22-14(20)18-8-11(9-18)17-10-5-6-12(16-7-10)13(19)21-4/h5-7,11,17H,8-9H2,1-4H3. The summed E-state index contributed by atoms with van der Waals surface area (Å²) >= 11 is 0. The molecule has 7 nitrogen and oxygen atoms in total. The van der Waals surface area contributed by atoms with Crippen molar-refractivity contribution in [1.82, 2.24) is 9.88 Å². The van der Waals surface area contributed by atoms with Gasteiger partial charge in [0.25, 0.3) is 0 Å². The Balaban J connectivity index is 1.80. The monoisotopic (exact) mass is 307 g/mol. The predicted molar refractivity (Wildman–Crippen MR) is 80.8 cm³/mol. The maximum Gasteiger partial charge on any atom is 0.410 e. The van der Waals surface area contributed by atoms with E-state index in [0.29, 0.717) is 13.1 Å². The van der Waals surface area contributed by atoms with Gasteiger partial charge in [0.2, 0.25) is 0 Å². The smallest absolute Gasteiger partial charge is 0.410 e. The van der Waals surface area contributed by atoms with Crippen molar-refractivity contribution >= 4 is 17.7 Å². The minimum Gasteiger partial charge on any atom is -0.464 e. The zero-order valence-corrected chi connectivity index (χ0v) is 13.3. The molecule has 0 radical (unpaired) electrons. The number of aromatic nitrogens is 1. The first-order chi connectivity index (χ1) is 10.3. The van der Waals surface area contributed by atoms with Gasteiger partial charge < -0.3 is 19.7 Å². The van der Waals surface area contributed by atoms with Crippen LogP contribution in [0.1, 0.15) is 31.3 Å². The van der Waals surface area contributed by atoms with Crippen LogP contribution in [-0.2, 0) is 9.47 Å². The van der Waals surface area contributed by atoms with Crippen molar-refractivity contribution in [2.75, 3.05) is 25.5 Å². The highest BCUT2D eigenvalue weighted by Crippen LogP contribution is 2.18. The Labute approximate surface area is 129 Å². The van der Waals surface area contributed by atoms with Crippen LogP contribution in [0, 0.1) is 0 Å². The molecule has 2 rings (SSSR count). The summed E-state index contributed by atoms with van der Waals surface area (Å²) in [6, 6.07) is 3.51. The van der Waals surface area contributed by atoms with E-state index in [1.54, 1.807) is 23.2 Å². The summed E-state index contributed by atoms with van der Waals surface area (Å²) in [5.41, 5.74) is 0.571. The first-order valence-corrected chi connectivity index (χ1v) is 7.07. The van der Waals surface area contributed by atoms with Crippen LogP contribution in [0.2, 0.25) is 0 Å². The van der Waals surface area contributed by atoms with Crippen LogP contribution in [0.3, 0.4) is 0 Å². The Morgan fingerprint density at radius 2 is 2.00 bits per heavy atom. The highest BCUT2D eigenvalue weighted by atomic mass is 16.6. The molecule has 1 fully saturated rings. The summed E-state index contributed by atoms with van der Waals surface area (Å²) in [5, 5.41) is 3.25. The molecule has 1 aliphatic heterocycles. The molecule has 1 aliphatic rings. The molecule has 1 N–H and O–H groups in total. The number of hydrogen-bond donors (Lipinski definition) is 1. The highest BCUT2D eigenvalue weighted by molar-refractivity contribution is 5.87. The molecular formula is C15H21N3O4. The number of pyridine rings is 1. The first kappa shape index (κ1) is 16.1. The third-order valence-electron chi connectivity index (χ3n) is 3.06.